The van der Waals surface area contributed by atoms with Gasteiger partial charge in [-0.05, 0) is 60.9 Å². The molecular formula is C28H24O2S. The Kier molecular flexibility index (Phi) is 4.57. The van der Waals surface area contributed by atoms with E-state index in [4.69, 9.17) is 8.83 Å². The maximum absolute atomic E-state index is 6.30. The topological polar surface area (TPSA) is 26.3 Å². The van der Waals surface area contributed by atoms with E-state index < -0.39 is 0 Å². The van der Waals surface area contributed by atoms with Crippen molar-refractivity contribution >= 4 is 55.2 Å². The Morgan fingerprint density at radius 1 is 0.645 bits per heavy atom. The molecule has 154 valence electrons. The fraction of sp³-hybridized carbons (Fsp3) is 0.214. The van der Waals surface area contributed by atoms with Gasteiger partial charge in [-0.15, -0.1) is 11.3 Å². The third-order valence-electron chi connectivity index (χ3n) is 6.19. The van der Waals surface area contributed by atoms with Crippen molar-refractivity contribution in [1.82, 2.24) is 0 Å². The second kappa shape index (κ2) is 7.58. The molecule has 3 aromatic carbocycles. The smallest absolute Gasteiger partial charge is 0.136 e. The van der Waals surface area contributed by atoms with E-state index in [-0.39, 0.29) is 0 Å². The lowest BCUT2D eigenvalue weighted by molar-refractivity contribution is 0.664. The molecule has 0 aliphatic rings. The first-order valence-corrected chi connectivity index (χ1v) is 12.0. The van der Waals surface area contributed by atoms with Gasteiger partial charge in [0.25, 0.3) is 0 Å². The van der Waals surface area contributed by atoms with Crippen molar-refractivity contribution in [2.24, 2.45) is 0 Å². The van der Waals surface area contributed by atoms with Gasteiger partial charge in [0.1, 0.15) is 22.3 Å². The molecule has 0 N–H and O–H groups in total. The standard InChI is InChI=1S/C28H24O2S/c1-2-3-4-5-8-19-12-14-28(31-19)18-11-13-21-23-17-26-22(16-27(23)30-25(21)15-18)20-9-6-7-10-24(20)29-26/h6-7,9-17H,2-5,8H2,1H3. The maximum Gasteiger partial charge on any atom is 0.136 e. The SMILES string of the molecule is CCCCCCc1ccc(-c2ccc3c(c2)oc2cc4c(cc23)oc2ccccc24)s1. The van der Waals surface area contributed by atoms with Crippen LogP contribution in [0.4, 0.5) is 0 Å². The molecule has 0 radical (unpaired) electrons. The van der Waals surface area contributed by atoms with Crippen molar-refractivity contribution < 1.29 is 8.83 Å². The van der Waals surface area contributed by atoms with E-state index in [0.717, 1.165) is 43.9 Å². The van der Waals surface area contributed by atoms with Crippen molar-refractivity contribution in [3.8, 4) is 10.4 Å². The van der Waals surface area contributed by atoms with Crippen molar-refractivity contribution in [3.05, 3.63) is 71.6 Å². The average molecular weight is 425 g/mol. The second-order valence-electron chi connectivity index (χ2n) is 8.33. The van der Waals surface area contributed by atoms with Crippen LogP contribution in [-0.2, 0) is 6.42 Å². The highest BCUT2D eigenvalue weighted by Gasteiger charge is 2.14. The zero-order valence-electron chi connectivity index (χ0n) is 17.6. The van der Waals surface area contributed by atoms with Gasteiger partial charge in [0.15, 0.2) is 0 Å². The Bertz CT molecular complexity index is 1530. The fourth-order valence-electron chi connectivity index (χ4n) is 4.54. The lowest BCUT2D eigenvalue weighted by atomic mass is 10.1. The molecule has 2 nitrogen and oxygen atoms in total. The summed E-state index contributed by atoms with van der Waals surface area (Å²) in [4.78, 5) is 2.79. The monoisotopic (exact) mass is 424 g/mol. The van der Waals surface area contributed by atoms with Crippen LogP contribution in [0.3, 0.4) is 0 Å². The summed E-state index contributed by atoms with van der Waals surface area (Å²) in [5.41, 5.74) is 4.90. The minimum absolute atomic E-state index is 0.909. The Labute approximate surface area is 185 Å². The van der Waals surface area contributed by atoms with Gasteiger partial charge in [-0.1, -0.05) is 50.5 Å². The summed E-state index contributed by atoms with van der Waals surface area (Å²) in [6.45, 7) is 2.26. The molecule has 0 saturated heterocycles. The summed E-state index contributed by atoms with van der Waals surface area (Å²) in [5, 5.41) is 4.48. The number of hydrogen-bond acceptors (Lipinski definition) is 3. The molecule has 0 bridgehead atoms. The van der Waals surface area contributed by atoms with Crippen molar-refractivity contribution in [1.29, 1.82) is 0 Å². The maximum atomic E-state index is 6.30. The van der Waals surface area contributed by atoms with Gasteiger partial charge in [0.05, 0.1) is 0 Å². The van der Waals surface area contributed by atoms with Crippen LogP contribution in [0.1, 0.15) is 37.5 Å². The van der Waals surface area contributed by atoms with E-state index in [9.17, 15) is 0 Å². The summed E-state index contributed by atoms with van der Waals surface area (Å²) in [6.07, 6.45) is 6.42. The first kappa shape index (κ1) is 18.7. The molecule has 0 unspecified atom stereocenters. The van der Waals surface area contributed by atoms with Crippen molar-refractivity contribution in [2.75, 3.05) is 0 Å². The summed E-state index contributed by atoms with van der Waals surface area (Å²) < 4.78 is 12.4. The number of unbranched alkanes of at least 4 members (excludes halogenated alkanes) is 3. The van der Waals surface area contributed by atoms with E-state index in [1.807, 2.05) is 29.5 Å². The normalized spacial score (nSPS) is 12.0. The summed E-state index contributed by atoms with van der Waals surface area (Å²) in [6, 6.07) is 23.5. The molecule has 0 aliphatic carbocycles. The summed E-state index contributed by atoms with van der Waals surface area (Å²) in [5.74, 6) is 0. The molecule has 3 aromatic heterocycles. The number of aryl methyl sites for hydroxylation is 1. The molecule has 6 aromatic rings. The van der Waals surface area contributed by atoms with Gasteiger partial charge in [-0.25, -0.2) is 0 Å². The Morgan fingerprint density at radius 3 is 2.23 bits per heavy atom. The van der Waals surface area contributed by atoms with E-state index in [2.05, 4.69) is 55.5 Å². The number of hydrogen-bond donors (Lipinski definition) is 0. The van der Waals surface area contributed by atoms with Crippen LogP contribution in [0, 0.1) is 0 Å². The molecule has 31 heavy (non-hydrogen) atoms. The lowest BCUT2D eigenvalue weighted by Crippen LogP contribution is -1.80. The van der Waals surface area contributed by atoms with Crippen LogP contribution >= 0.6 is 11.3 Å². The third kappa shape index (κ3) is 3.24. The molecule has 0 amide bonds. The van der Waals surface area contributed by atoms with Gasteiger partial charge >= 0.3 is 0 Å². The Morgan fingerprint density at radius 2 is 1.39 bits per heavy atom. The number of thiophene rings is 1. The fourth-order valence-corrected chi connectivity index (χ4v) is 5.59. The molecule has 6 rings (SSSR count). The third-order valence-corrected chi connectivity index (χ3v) is 7.39. The van der Waals surface area contributed by atoms with E-state index in [1.165, 1.54) is 47.4 Å². The molecular weight excluding hydrogens is 400 g/mol. The second-order valence-corrected chi connectivity index (χ2v) is 9.50. The zero-order chi connectivity index (χ0) is 20.8. The summed E-state index contributed by atoms with van der Waals surface area (Å²) in [7, 11) is 0. The Hall–Kier alpha value is -3.04. The predicted octanol–water partition coefficient (Wildman–Crippen LogP) is 9.34. The molecule has 0 atom stereocenters. The highest BCUT2D eigenvalue weighted by molar-refractivity contribution is 7.15. The van der Waals surface area contributed by atoms with Crippen LogP contribution in [0.25, 0.3) is 54.3 Å². The van der Waals surface area contributed by atoms with Gasteiger partial charge in [0.2, 0.25) is 0 Å². The first-order chi connectivity index (χ1) is 15.3. The molecule has 3 heteroatoms. The zero-order valence-corrected chi connectivity index (χ0v) is 18.4. The minimum atomic E-state index is 0.909. The van der Waals surface area contributed by atoms with E-state index >= 15 is 0 Å². The number of fused-ring (bicyclic) bond motifs is 6. The largest absolute Gasteiger partial charge is 0.456 e. The highest BCUT2D eigenvalue weighted by atomic mass is 32.1. The van der Waals surface area contributed by atoms with Gasteiger partial charge < -0.3 is 8.83 Å². The van der Waals surface area contributed by atoms with Crippen LogP contribution in [-0.4, -0.2) is 0 Å². The van der Waals surface area contributed by atoms with Crippen LogP contribution in [0.2, 0.25) is 0 Å². The average Bonchev–Trinajstić information content (AvgIpc) is 3.49. The van der Waals surface area contributed by atoms with Crippen molar-refractivity contribution in [3.63, 3.8) is 0 Å². The van der Waals surface area contributed by atoms with E-state index in [1.54, 1.807) is 0 Å². The first-order valence-electron chi connectivity index (χ1n) is 11.2. The van der Waals surface area contributed by atoms with Gasteiger partial charge in [-0.2, -0.15) is 0 Å². The van der Waals surface area contributed by atoms with Crippen molar-refractivity contribution in [2.45, 2.75) is 39.0 Å². The predicted molar refractivity (Wildman–Crippen MR) is 132 cm³/mol. The van der Waals surface area contributed by atoms with Crippen LogP contribution in [0.15, 0.2) is 75.6 Å². The van der Waals surface area contributed by atoms with Gasteiger partial charge in [0, 0.05) is 31.3 Å². The molecule has 0 saturated carbocycles. The van der Waals surface area contributed by atoms with Gasteiger partial charge in [-0.3, -0.25) is 0 Å². The Balaban J connectivity index is 1.38. The number of para-hydroxylation sites is 1. The quantitative estimate of drug-likeness (QED) is 0.249. The minimum Gasteiger partial charge on any atom is -0.456 e. The molecule has 3 heterocycles. The number of furan rings is 2. The highest BCUT2D eigenvalue weighted by Crippen LogP contribution is 2.38. The summed E-state index contributed by atoms with van der Waals surface area (Å²) >= 11 is 1.91. The molecule has 0 aliphatic heterocycles. The van der Waals surface area contributed by atoms with E-state index in [0.29, 0.717) is 0 Å². The number of rotatable bonds is 6. The molecule has 0 fully saturated rings. The van der Waals surface area contributed by atoms with Crippen LogP contribution in [0.5, 0.6) is 0 Å². The van der Waals surface area contributed by atoms with Crippen LogP contribution < -0.4 is 0 Å². The lowest BCUT2D eigenvalue weighted by Gasteiger charge is -1.98. The molecule has 0 spiro atoms. The number of benzene rings is 3.